The number of rotatable bonds is 5. The number of benzene rings is 1. The second-order valence-electron chi connectivity index (χ2n) is 4.43. The third-order valence-electron chi connectivity index (χ3n) is 2.92. The van der Waals surface area contributed by atoms with Crippen LogP contribution in [-0.4, -0.2) is 17.0 Å². The van der Waals surface area contributed by atoms with Crippen molar-refractivity contribution in [3.63, 3.8) is 0 Å². The summed E-state index contributed by atoms with van der Waals surface area (Å²) in [6.45, 7) is 2.11. The number of hydrogen-bond acceptors (Lipinski definition) is 6. The molecule has 0 bridgehead atoms. The summed E-state index contributed by atoms with van der Waals surface area (Å²) in [5.41, 5.74) is 7.25. The van der Waals surface area contributed by atoms with E-state index < -0.39 is 4.92 Å². The number of nitrogens with two attached hydrogens (primary N) is 1. The monoisotopic (exact) mass is 289 g/mol. The quantitative estimate of drug-likeness (QED) is 0.515. The molecule has 0 aliphatic carbocycles. The van der Waals surface area contributed by atoms with Crippen molar-refractivity contribution in [2.24, 2.45) is 0 Å². The van der Waals surface area contributed by atoms with Gasteiger partial charge in [0.25, 0.3) is 5.69 Å². The highest BCUT2D eigenvalue weighted by Crippen LogP contribution is 2.25. The van der Waals surface area contributed by atoms with Gasteiger partial charge in [-0.15, -0.1) is 0 Å². The van der Waals surface area contributed by atoms with Crippen molar-refractivity contribution in [3.05, 3.63) is 51.7 Å². The van der Waals surface area contributed by atoms with Crippen LogP contribution in [0.4, 0.5) is 11.4 Å². The molecule has 1 aromatic heterocycles. The average Bonchev–Trinajstić information content (AvgIpc) is 2.46. The highest BCUT2D eigenvalue weighted by atomic mass is 16.6. The van der Waals surface area contributed by atoms with E-state index >= 15 is 0 Å². The molecule has 2 N–H and O–H groups in total. The predicted octanol–water partition coefficient (Wildman–Crippen LogP) is 2.47. The fourth-order valence-corrected chi connectivity index (χ4v) is 1.78. The smallest absolute Gasteiger partial charge is 0.292 e. The van der Waals surface area contributed by atoms with Crippen LogP contribution in [0.25, 0.3) is 0 Å². The Bertz CT molecular complexity index is 673. The lowest BCUT2D eigenvalue weighted by atomic mass is 10.2. The number of nitro benzene ring substituents is 1. The Morgan fingerprint density at radius 3 is 2.76 bits per heavy atom. The van der Waals surface area contributed by atoms with E-state index in [1.807, 2.05) is 6.92 Å². The number of nitrogens with zero attached hydrogens (tertiary/aromatic N) is 2. The molecule has 0 saturated carbocycles. The lowest BCUT2D eigenvalue weighted by molar-refractivity contribution is -0.383. The molecule has 110 valence electrons. The van der Waals surface area contributed by atoms with Gasteiger partial charge in [0.1, 0.15) is 18.0 Å². The first-order valence-corrected chi connectivity index (χ1v) is 6.17. The number of nitro groups is 1. The molecule has 0 amide bonds. The molecule has 0 radical (unpaired) electrons. The van der Waals surface area contributed by atoms with Crippen LogP contribution in [0.3, 0.4) is 0 Å². The molecule has 0 saturated heterocycles. The van der Waals surface area contributed by atoms with Gasteiger partial charge in [0, 0.05) is 23.9 Å². The Morgan fingerprint density at radius 2 is 2.14 bits per heavy atom. The van der Waals surface area contributed by atoms with Gasteiger partial charge in [0.05, 0.1) is 12.0 Å². The van der Waals surface area contributed by atoms with Crippen molar-refractivity contribution in [3.8, 4) is 11.6 Å². The summed E-state index contributed by atoms with van der Waals surface area (Å²) in [4.78, 5) is 14.2. The summed E-state index contributed by atoms with van der Waals surface area (Å²) in [7, 11) is 1.53. The Morgan fingerprint density at radius 1 is 1.38 bits per heavy atom. The van der Waals surface area contributed by atoms with Crippen LogP contribution >= 0.6 is 0 Å². The summed E-state index contributed by atoms with van der Waals surface area (Å²) in [5, 5.41) is 10.7. The number of aromatic nitrogens is 1. The van der Waals surface area contributed by atoms with E-state index in [4.69, 9.17) is 15.2 Å². The number of ether oxygens (including phenoxy) is 2. The van der Waals surface area contributed by atoms with Gasteiger partial charge in [-0.25, -0.2) is 4.98 Å². The number of anilines is 1. The summed E-state index contributed by atoms with van der Waals surface area (Å²) < 4.78 is 10.7. The van der Waals surface area contributed by atoms with E-state index in [1.54, 1.807) is 18.3 Å². The Labute approximate surface area is 121 Å². The third-order valence-corrected chi connectivity index (χ3v) is 2.92. The van der Waals surface area contributed by atoms with Crippen LogP contribution in [-0.2, 0) is 6.61 Å². The van der Waals surface area contributed by atoms with Crippen LogP contribution < -0.4 is 15.2 Å². The van der Waals surface area contributed by atoms with Gasteiger partial charge in [0.2, 0.25) is 5.88 Å². The molecule has 7 nitrogen and oxygen atoms in total. The first-order valence-electron chi connectivity index (χ1n) is 6.17. The SMILES string of the molecule is COc1cc(OCc2ccc([N+](=O)[O-])c(N)c2)c(C)cn1. The maximum atomic E-state index is 10.7. The number of hydrogen-bond donors (Lipinski definition) is 1. The molecule has 2 rings (SSSR count). The first-order chi connectivity index (χ1) is 10.0. The summed E-state index contributed by atoms with van der Waals surface area (Å²) in [6, 6.07) is 6.20. The minimum absolute atomic E-state index is 0.111. The van der Waals surface area contributed by atoms with Crippen molar-refractivity contribution in [2.75, 3.05) is 12.8 Å². The number of methoxy groups -OCH3 is 1. The number of aryl methyl sites for hydroxylation is 1. The van der Waals surface area contributed by atoms with Crippen molar-refractivity contribution in [1.29, 1.82) is 0 Å². The van der Waals surface area contributed by atoms with Crippen molar-refractivity contribution >= 4 is 11.4 Å². The van der Waals surface area contributed by atoms with Gasteiger partial charge in [-0.1, -0.05) is 0 Å². The highest BCUT2D eigenvalue weighted by molar-refractivity contribution is 5.59. The normalized spacial score (nSPS) is 10.2. The first kappa shape index (κ1) is 14.6. The molecule has 7 heteroatoms. The van der Waals surface area contributed by atoms with E-state index in [1.165, 1.54) is 19.2 Å². The molecule has 0 spiro atoms. The summed E-state index contributed by atoms with van der Waals surface area (Å²) in [5.74, 6) is 1.09. The van der Waals surface area contributed by atoms with E-state index in [2.05, 4.69) is 4.98 Å². The van der Waals surface area contributed by atoms with Gasteiger partial charge < -0.3 is 15.2 Å². The Hall–Kier alpha value is -2.83. The zero-order valence-electron chi connectivity index (χ0n) is 11.7. The molecule has 0 fully saturated rings. The van der Waals surface area contributed by atoms with Crippen molar-refractivity contribution in [2.45, 2.75) is 13.5 Å². The highest BCUT2D eigenvalue weighted by Gasteiger charge is 2.11. The minimum Gasteiger partial charge on any atom is -0.488 e. The van der Waals surface area contributed by atoms with Crippen LogP contribution in [0, 0.1) is 17.0 Å². The molecule has 1 heterocycles. The molecule has 0 aliphatic rings. The van der Waals surface area contributed by atoms with Crippen molar-refractivity contribution in [1.82, 2.24) is 4.98 Å². The second kappa shape index (κ2) is 6.08. The van der Waals surface area contributed by atoms with Crippen LogP contribution in [0.5, 0.6) is 11.6 Å². The van der Waals surface area contributed by atoms with E-state index in [-0.39, 0.29) is 18.0 Å². The molecule has 0 atom stereocenters. The van der Waals surface area contributed by atoms with Gasteiger partial charge in [-0.05, 0) is 24.6 Å². The fraction of sp³-hybridized carbons (Fsp3) is 0.214. The lowest BCUT2D eigenvalue weighted by Crippen LogP contribution is -2.01. The second-order valence-corrected chi connectivity index (χ2v) is 4.43. The third kappa shape index (κ3) is 3.38. The minimum atomic E-state index is -0.516. The zero-order chi connectivity index (χ0) is 15.4. The predicted molar refractivity (Wildman–Crippen MR) is 77.4 cm³/mol. The molecule has 0 unspecified atom stereocenters. The zero-order valence-corrected chi connectivity index (χ0v) is 11.7. The maximum Gasteiger partial charge on any atom is 0.292 e. The van der Waals surface area contributed by atoms with Gasteiger partial charge >= 0.3 is 0 Å². The Balaban J connectivity index is 2.13. The summed E-state index contributed by atoms with van der Waals surface area (Å²) in [6.07, 6.45) is 1.65. The van der Waals surface area contributed by atoms with Crippen LogP contribution in [0.2, 0.25) is 0 Å². The lowest BCUT2D eigenvalue weighted by Gasteiger charge is -2.10. The van der Waals surface area contributed by atoms with Gasteiger partial charge in [-0.3, -0.25) is 10.1 Å². The number of pyridine rings is 1. The number of nitrogen functional groups attached to an aromatic ring is 1. The van der Waals surface area contributed by atoms with E-state index in [9.17, 15) is 10.1 Å². The molecular formula is C14H15N3O4. The van der Waals surface area contributed by atoms with E-state index in [0.717, 1.165) is 11.1 Å². The topological polar surface area (TPSA) is 101 Å². The Kier molecular flexibility index (Phi) is 4.22. The van der Waals surface area contributed by atoms with Gasteiger partial charge in [-0.2, -0.15) is 0 Å². The fourth-order valence-electron chi connectivity index (χ4n) is 1.78. The average molecular weight is 289 g/mol. The summed E-state index contributed by atoms with van der Waals surface area (Å²) >= 11 is 0. The van der Waals surface area contributed by atoms with Crippen LogP contribution in [0.1, 0.15) is 11.1 Å². The maximum absolute atomic E-state index is 10.7. The van der Waals surface area contributed by atoms with E-state index in [0.29, 0.717) is 11.6 Å². The van der Waals surface area contributed by atoms with Crippen LogP contribution in [0.15, 0.2) is 30.5 Å². The van der Waals surface area contributed by atoms with Gasteiger partial charge in [0.15, 0.2) is 0 Å². The van der Waals surface area contributed by atoms with Crippen molar-refractivity contribution < 1.29 is 14.4 Å². The molecule has 0 aliphatic heterocycles. The molecule has 2 aromatic rings. The molecular weight excluding hydrogens is 274 g/mol. The molecule has 21 heavy (non-hydrogen) atoms. The standard InChI is InChI=1S/C14H15N3O4/c1-9-7-16-14(20-2)6-13(9)21-8-10-3-4-12(17(18)19)11(15)5-10/h3-7H,8,15H2,1-2H3. The molecule has 1 aromatic carbocycles. The largest absolute Gasteiger partial charge is 0.488 e.